The number of nitrogens with zero attached hydrogens (tertiary/aromatic N) is 3. The number of hydrogen-bond donors (Lipinski definition) is 3. The lowest BCUT2D eigenvalue weighted by Crippen LogP contribution is -2.28. The number of alkyl halides is 1. The third-order valence-electron chi connectivity index (χ3n) is 4.04. The highest BCUT2D eigenvalue weighted by Crippen LogP contribution is 2.38. The number of aryl methyl sites for hydroxylation is 1. The molecule has 0 aliphatic heterocycles. The highest BCUT2D eigenvalue weighted by molar-refractivity contribution is 7.13. The van der Waals surface area contributed by atoms with Gasteiger partial charge >= 0.3 is 12.0 Å². The molecule has 0 aliphatic carbocycles. The van der Waals surface area contributed by atoms with Crippen LogP contribution in [0.15, 0.2) is 29.9 Å². The van der Waals surface area contributed by atoms with Gasteiger partial charge in [0.25, 0.3) is 0 Å². The summed E-state index contributed by atoms with van der Waals surface area (Å²) in [4.78, 5) is 36.5. The topological polar surface area (TPSA) is 126 Å². The Balaban J connectivity index is 2.16. The van der Waals surface area contributed by atoms with Crippen molar-refractivity contribution in [3.8, 4) is 27.6 Å². The van der Waals surface area contributed by atoms with Crippen molar-refractivity contribution in [2.24, 2.45) is 0 Å². The number of carbonyl (C=O) groups is 2. The van der Waals surface area contributed by atoms with Gasteiger partial charge in [-0.05, 0) is 26.0 Å². The summed E-state index contributed by atoms with van der Waals surface area (Å²) in [6.07, 6.45) is 2.75. The van der Waals surface area contributed by atoms with E-state index < -0.39 is 5.97 Å². The van der Waals surface area contributed by atoms with Crippen LogP contribution in [-0.2, 0) is 0 Å². The van der Waals surface area contributed by atoms with E-state index >= 15 is 0 Å². The third-order valence-corrected chi connectivity index (χ3v) is 5.18. The minimum absolute atomic E-state index is 0.000909. The van der Waals surface area contributed by atoms with Gasteiger partial charge in [-0.15, -0.1) is 22.9 Å². The van der Waals surface area contributed by atoms with Crippen molar-refractivity contribution in [2.75, 3.05) is 24.3 Å². The van der Waals surface area contributed by atoms with E-state index in [0.29, 0.717) is 34.1 Å². The molecule has 3 rings (SSSR count). The number of carboxylic acid groups (broad SMARTS) is 1. The summed E-state index contributed by atoms with van der Waals surface area (Å²) < 4.78 is 5.64. The van der Waals surface area contributed by atoms with E-state index in [4.69, 9.17) is 16.3 Å². The number of aromatic carboxylic acids is 1. The molecule has 11 heteroatoms. The van der Waals surface area contributed by atoms with Crippen molar-refractivity contribution in [3.05, 3.63) is 41.2 Å². The lowest BCUT2D eigenvalue weighted by Gasteiger charge is -2.14. The van der Waals surface area contributed by atoms with Crippen LogP contribution in [0.1, 0.15) is 23.0 Å². The maximum atomic E-state index is 11.9. The quantitative estimate of drug-likeness (QED) is 0.432. The van der Waals surface area contributed by atoms with Crippen LogP contribution in [-0.4, -0.2) is 51.1 Å². The second-order valence-corrected chi connectivity index (χ2v) is 7.55. The first kappa shape index (κ1) is 22.4. The molecule has 0 aliphatic rings. The van der Waals surface area contributed by atoms with Crippen LogP contribution in [0.5, 0.6) is 5.88 Å². The highest BCUT2D eigenvalue weighted by atomic mass is 35.5. The number of anilines is 1. The maximum Gasteiger partial charge on any atom is 0.337 e. The number of halogens is 1. The average molecular weight is 462 g/mol. The molecular weight excluding hydrogens is 442 g/mol. The number of carboxylic acids is 1. The molecule has 3 aromatic heterocycles. The fourth-order valence-electron chi connectivity index (χ4n) is 2.73. The Labute approximate surface area is 187 Å². The molecule has 3 heterocycles. The minimum Gasteiger partial charge on any atom is -0.478 e. The van der Waals surface area contributed by atoms with Gasteiger partial charge in [-0.2, -0.15) is 0 Å². The summed E-state index contributed by atoms with van der Waals surface area (Å²) in [6, 6.07) is 2.77. The fourth-order valence-corrected chi connectivity index (χ4v) is 3.63. The number of urea groups is 1. The lowest BCUT2D eigenvalue weighted by atomic mass is 10.0. The van der Waals surface area contributed by atoms with Gasteiger partial charge in [-0.25, -0.2) is 24.5 Å². The molecule has 0 aromatic carbocycles. The van der Waals surface area contributed by atoms with Gasteiger partial charge in [0.1, 0.15) is 17.4 Å². The van der Waals surface area contributed by atoms with Gasteiger partial charge in [0, 0.05) is 46.7 Å². The van der Waals surface area contributed by atoms with Crippen LogP contribution in [0.4, 0.5) is 10.6 Å². The molecule has 31 heavy (non-hydrogen) atoms. The van der Waals surface area contributed by atoms with Crippen molar-refractivity contribution in [1.29, 1.82) is 0 Å². The molecule has 0 unspecified atom stereocenters. The van der Waals surface area contributed by atoms with Crippen molar-refractivity contribution >= 4 is 40.8 Å². The van der Waals surface area contributed by atoms with E-state index in [1.54, 1.807) is 6.07 Å². The monoisotopic (exact) mass is 461 g/mol. The Bertz CT molecular complexity index is 1100. The van der Waals surface area contributed by atoms with Gasteiger partial charge in [0.2, 0.25) is 5.88 Å². The van der Waals surface area contributed by atoms with Gasteiger partial charge < -0.3 is 15.2 Å². The largest absolute Gasteiger partial charge is 0.478 e. The van der Waals surface area contributed by atoms with Crippen LogP contribution >= 0.6 is 22.9 Å². The second-order valence-electron chi connectivity index (χ2n) is 6.31. The molecule has 2 amide bonds. The number of hydrogen-bond acceptors (Lipinski definition) is 7. The number of rotatable bonds is 8. The highest BCUT2D eigenvalue weighted by Gasteiger charge is 2.20. The van der Waals surface area contributed by atoms with Gasteiger partial charge in [0.15, 0.2) is 0 Å². The number of thiazole rings is 1. The van der Waals surface area contributed by atoms with Crippen LogP contribution < -0.4 is 15.4 Å². The van der Waals surface area contributed by atoms with E-state index in [-0.39, 0.29) is 30.0 Å². The Hall–Kier alpha value is -3.24. The molecular formula is C20H20ClN5O4S. The van der Waals surface area contributed by atoms with Gasteiger partial charge in [-0.1, -0.05) is 0 Å². The molecule has 3 aromatic rings. The van der Waals surface area contributed by atoms with E-state index in [9.17, 15) is 14.7 Å². The number of nitrogens with one attached hydrogen (secondary N) is 2. The predicted molar refractivity (Wildman–Crippen MR) is 119 cm³/mol. The molecule has 0 radical (unpaired) electrons. The summed E-state index contributed by atoms with van der Waals surface area (Å²) in [7, 11) is 0. The standard InChI is InChI=1S/C20H20ClN5O4S/c1-3-22-20(29)26-16-7-14(18-25-11(2)10-31-18)15(9-23-16)13-6-12(19(27)28)8-24-17(13)30-5-4-21/h6-10H,3-5H2,1-2H3,(H,27,28)(H2,22,23,26,29). The van der Waals surface area contributed by atoms with E-state index in [0.717, 1.165) is 5.69 Å². The number of aromatic nitrogens is 3. The summed E-state index contributed by atoms with van der Waals surface area (Å²) in [5.41, 5.74) is 2.48. The summed E-state index contributed by atoms with van der Waals surface area (Å²) in [6.45, 7) is 4.35. The van der Waals surface area contributed by atoms with Gasteiger partial charge in [-0.3, -0.25) is 5.32 Å². The van der Waals surface area contributed by atoms with Crippen molar-refractivity contribution in [1.82, 2.24) is 20.3 Å². The zero-order valence-corrected chi connectivity index (χ0v) is 18.4. The molecule has 0 fully saturated rings. The minimum atomic E-state index is -1.12. The molecule has 162 valence electrons. The number of ether oxygens (including phenoxy) is 1. The van der Waals surface area contributed by atoms with Crippen LogP contribution in [0.3, 0.4) is 0 Å². The Morgan fingerprint density at radius 2 is 2.00 bits per heavy atom. The van der Waals surface area contributed by atoms with Crippen molar-refractivity contribution < 1.29 is 19.4 Å². The number of pyridine rings is 2. The number of carbonyl (C=O) groups excluding carboxylic acids is 1. The van der Waals surface area contributed by atoms with Crippen LogP contribution in [0.25, 0.3) is 21.7 Å². The van der Waals surface area contributed by atoms with Crippen LogP contribution in [0.2, 0.25) is 0 Å². The SMILES string of the molecule is CCNC(=O)Nc1cc(-c2nc(C)cs2)c(-c2cc(C(=O)O)cnc2OCCCl)cn1. The molecule has 3 N–H and O–H groups in total. The lowest BCUT2D eigenvalue weighted by molar-refractivity contribution is 0.0696. The maximum absolute atomic E-state index is 11.9. The second kappa shape index (κ2) is 10.2. The summed E-state index contributed by atoms with van der Waals surface area (Å²) >= 11 is 7.16. The molecule has 0 saturated heterocycles. The first-order valence-corrected chi connectivity index (χ1v) is 10.7. The number of amides is 2. The van der Waals surface area contributed by atoms with E-state index in [1.807, 2.05) is 19.2 Å². The zero-order valence-electron chi connectivity index (χ0n) is 16.8. The Morgan fingerprint density at radius 1 is 1.19 bits per heavy atom. The zero-order chi connectivity index (χ0) is 22.4. The normalized spacial score (nSPS) is 10.5. The molecule has 0 spiro atoms. The van der Waals surface area contributed by atoms with Crippen molar-refractivity contribution in [3.63, 3.8) is 0 Å². The van der Waals surface area contributed by atoms with E-state index in [1.165, 1.54) is 29.8 Å². The Morgan fingerprint density at radius 3 is 2.65 bits per heavy atom. The van der Waals surface area contributed by atoms with Crippen molar-refractivity contribution in [2.45, 2.75) is 13.8 Å². The fraction of sp³-hybridized carbons (Fsp3) is 0.250. The van der Waals surface area contributed by atoms with Gasteiger partial charge in [0.05, 0.1) is 11.4 Å². The predicted octanol–water partition coefficient (Wildman–Crippen LogP) is 4.03. The summed E-state index contributed by atoms with van der Waals surface area (Å²) in [5, 5.41) is 17.3. The first-order valence-electron chi connectivity index (χ1n) is 9.32. The molecule has 0 saturated carbocycles. The van der Waals surface area contributed by atoms with E-state index in [2.05, 4.69) is 25.6 Å². The Kier molecular flexibility index (Phi) is 7.37. The molecule has 0 atom stereocenters. The third kappa shape index (κ3) is 5.47. The first-order chi connectivity index (χ1) is 14.9. The van der Waals surface area contributed by atoms with Crippen LogP contribution in [0, 0.1) is 6.92 Å². The smallest absolute Gasteiger partial charge is 0.337 e. The molecule has 9 nitrogen and oxygen atoms in total. The molecule has 0 bridgehead atoms. The summed E-state index contributed by atoms with van der Waals surface area (Å²) in [5.74, 6) is -0.324. The average Bonchev–Trinajstić information content (AvgIpc) is 3.18.